The van der Waals surface area contributed by atoms with Crippen molar-refractivity contribution >= 4 is 25.8 Å². The van der Waals surface area contributed by atoms with Gasteiger partial charge >= 0.3 is 7.12 Å². The summed E-state index contributed by atoms with van der Waals surface area (Å²) in [7, 11) is -0.605. The smallest absolute Gasteiger partial charge is 0.491 e. The molecule has 1 N–H and O–H groups in total. The maximum atomic E-state index is 13.8. The number of thiol groups is 1. The van der Waals surface area contributed by atoms with Gasteiger partial charge in [0.15, 0.2) is 0 Å². The van der Waals surface area contributed by atoms with Crippen LogP contribution in [0.3, 0.4) is 0 Å². The van der Waals surface area contributed by atoms with Crippen LogP contribution >= 0.6 is 12.6 Å². The zero-order valence-electron chi connectivity index (χ0n) is 12.7. The van der Waals surface area contributed by atoms with E-state index in [1.807, 2.05) is 27.7 Å². The summed E-state index contributed by atoms with van der Waals surface area (Å²) >= 11 is 4.27. The molecule has 0 radical (unpaired) electrons. The molecule has 0 spiro atoms. The first-order valence-corrected chi connectivity index (χ1v) is 7.45. The zero-order chi connectivity index (χ0) is 15.8. The summed E-state index contributed by atoms with van der Waals surface area (Å²) in [6, 6.07) is 4.19. The van der Waals surface area contributed by atoms with E-state index in [2.05, 4.69) is 12.6 Å². The van der Waals surface area contributed by atoms with Crippen LogP contribution in [0.15, 0.2) is 23.7 Å². The van der Waals surface area contributed by atoms with E-state index in [1.54, 1.807) is 6.08 Å². The Morgan fingerprint density at radius 1 is 1.29 bits per heavy atom. The van der Waals surface area contributed by atoms with Crippen LogP contribution in [-0.4, -0.2) is 29.2 Å². The highest BCUT2D eigenvalue weighted by atomic mass is 32.1. The molecule has 2 rings (SSSR count). The van der Waals surface area contributed by atoms with Gasteiger partial charge in [-0.2, -0.15) is 12.6 Å². The molecule has 114 valence electrons. The molecule has 1 heterocycles. The highest BCUT2D eigenvalue weighted by Gasteiger charge is 2.52. The van der Waals surface area contributed by atoms with Crippen LogP contribution < -0.4 is 0 Å². The number of phenolic OH excluding ortho intramolecular Hbond substituents is 1. The fraction of sp³-hybridized carbons (Fsp3) is 0.467. The normalized spacial score (nSPS) is 20.9. The van der Waals surface area contributed by atoms with Crippen molar-refractivity contribution in [2.75, 3.05) is 5.75 Å². The van der Waals surface area contributed by atoms with Gasteiger partial charge in [0.2, 0.25) is 0 Å². The van der Waals surface area contributed by atoms with Gasteiger partial charge < -0.3 is 14.4 Å². The Kier molecular flexibility index (Phi) is 4.43. The number of benzene rings is 1. The molecule has 3 nitrogen and oxygen atoms in total. The van der Waals surface area contributed by atoms with E-state index < -0.39 is 24.1 Å². The number of rotatable bonds is 3. The predicted molar refractivity (Wildman–Crippen MR) is 86.0 cm³/mol. The lowest BCUT2D eigenvalue weighted by atomic mass is 9.78. The van der Waals surface area contributed by atoms with E-state index in [-0.39, 0.29) is 11.3 Å². The van der Waals surface area contributed by atoms with Crippen LogP contribution in [0.25, 0.3) is 6.08 Å². The molecule has 6 heteroatoms. The number of aromatic hydroxyl groups is 1. The topological polar surface area (TPSA) is 38.7 Å². The highest BCUT2D eigenvalue weighted by molar-refractivity contribution is 7.80. The van der Waals surface area contributed by atoms with Crippen molar-refractivity contribution in [2.45, 2.75) is 38.9 Å². The molecule has 0 aromatic heterocycles. The Labute approximate surface area is 130 Å². The van der Waals surface area contributed by atoms with Gasteiger partial charge in [-0.05, 0) is 45.3 Å². The molecule has 1 aromatic rings. The number of hydrogen-bond acceptors (Lipinski definition) is 4. The summed E-state index contributed by atoms with van der Waals surface area (Å²) in [5, 5.41) is 9.79. The Morgan fingerprint density at radius 3 is 2.33 bits per heavy atom. The second-order valence-electron chi connectivity index (χ2n) is 6.14. The lowest BCUT2D eigenvalue weighted by molar-refractivity contribution is 0.00578. The van der Waals surface area contributed by atoms with Crippen LogP contribution in [-0.2, 0) is 9.31 Å². The van der Waals surface area contributed by atoms with Gasteiger partial charge in [-0.1, -0.05) is 12.1 Å². The van der Waals surface area contributed by atoms with Crippen molar-refractivity contribution in [3.05, 3.63) is 35.1 Å². The third kappa shape index (κ3) is 3.12. The predicted octanol–water partition coefficient (Wildman–Crippen LogP) is 3.48. The first-order valence-electron chi connectivity index (χ1n) is 6.82. The Hall–Kier alpha value is -0.975. The molecule has 0 bridgehead atoms. The monoisotopic (exact) mass is 310 g/mol. The molecule has 0 unspecified atom stereocenters. The SMILES string of the molecule is CC1(C)OB(C(=Cc2c(O)cccc2F)CS)OC1(C)C. The summed E-state index contributed by atoms with van der Waals surface area (Å²) in [6.07, 6.45) is 1.54. The number of phenols is 1. The van der Waals surface area contributed by atoms with Crippen molar-refractivity contribution in [3.63, 3.8) is 0 Å². The fourth-order valence-corrected chi connectivity index (χ4v) is 2.28. The Balaban J connectivity index is 2.36. The molecule has 0 aliphatic carbocycles. The van der Waals surface area contributed by atoms with Crippen LogP contribution in [0.2, 0.25) is 0 Å². The Morgan fingerprint density at radius 2 is 1.86 bits per heavy atom. The molecule has 0 atom stereocenters. The van der Waals surface area contributed by atoms with Gasteiger partial charge in [-0.3, -0.25) is 0 Å². The second-order valence-corrected chi connectivity index (χ2v) is 6.45. The standard InChI is InChI=1S/C15H20BFO3S/c1-14(2)15(3,4)20-16(19-14)10(9-21)8-11-12(17)6-5-7-13(11)18/h5-8,18,21H,9H2,1-4H3. The summed E-state index contributed by atoms with van der Waals surface area (Å²) in [5.41, 5.74) is -0.165. The zero-order valence-corrected chi connectivity index (χ0v) is 13.6. The first-order chi connectivity index (χ1) is 9.68. The molecule has 1 aliphatic rings. The maximum Gasteiger partial charge on any atom is 0.491 e. The molecule has 1 fully saturated rings. The van der Waals surface area contributed by atoms with Gasteiger partial charge in [0.25, 0.3) is 0 Å². The van der Waals surface area contributed by atoms with Crippen molar-refractivity contribution in [1.82, 2.24) is 0 Å². The summed E-state index contributed by atoms with van der Waals surface area (Å²) in [4.78, 5) is 0. The van der Waals surface area contributed by atoms with Gasteiger partial charge in [0.1, 0.15) is 11.6 Å². The molecular weight excluding hydrogens is 290 g/mol. The quantitative estimate of drug-likeness (QED) is 0.663. The lowest BCUT2D eigenvalue weighted by Gasteiger charge is -2.32. The van der Waals surface area contributed by atoms with Crippen molar-refractivity contribution < 1.29 is 18.8 Å². The third-order valence-electron chi connectivity index (χ3n) is 4.10. The average Bonchev–Trinajstić information content (AvgIpc) is 2.58. The minimum atomic E-state index is -0.605. The molecule has 1 aliphatic heterocycles. The molecule has 1 saturated heterocycles. The van der Waals surface area contributed by atoms with Gasteiger partial charge in [-0.25, -0.2) is 4.39 Å². The van der Waals surface area contributed by atoms with E-state index in [4.69, 9.17) is 9.31 Å². The Bertz CT molecular complexity index is 536. The molecule has 0 amide bonds. The number of hydrogen-bond donors (Lipinski definition) is 2. The van der Waals surface area contributed by atoms with Gasteiger partial charge in [-0.15, -0.1) is 0 Å². The molecule has 1 aromatic carbocycles. The third-order valence-corrected chi connectivity index (χ3v) is 4.46. The van der Waals surface area contributed by atoms with E-state index in [0.717, 1.165) is 0 Å². The van der Waals surface area contributed by atoms with Crippen LogP contribution in [0.4, 0.5) is 4.39 Å². The molecular formula is C15H20BFO3S. The highest BCUT2D eigenvalue weighted by Crippen LogP contribution is 2.39. The minimum absolute atomic E-state index is 0.120. The van der Waals surface area contributed by atoms with Crippen LogP contribution in [0, 0.1) is 5.82 Å². The minimum Gasteiger partial charge on any atom is -0.507 e. The van der Waals surface area contributed by atoms with E-state index in [1.165, 1.54) is 18.2 Å². The van der Waals surface area contributed by atoms with E-state index >= 15 is 0 Å². The van der Waals surface area contributed by atoms with Crippen molar-refractivity contribution in [1.29, 1.82) is 0 Å². The van der Waals surface area contributed by atoms with Crippen molar-refractivity contribution in [3.8, 4) is 5.75 Å². The summed E-state index contributed by atoms with van der Waals surface area (Å²) < 4.78 is 25.7. The molecule has 0 saturated carbocycles. The average molecular weight is 310 g/mol. The second kappa shape index (κ2) is 5.67. The summed E-state index contributed by atoms with van der Waals surface area (Å²) in [5.74, 6) is -0.276. The maximum absolute atomic E-state index is 13.8. The van der Waals surface area contributed by atoms with Gasteiger partial charge in [0, 0.05) is 5.75 Å². The largest absolute Gasteiger partial charge is 0.507 e. The van der Waals surface area contributed by atoms with Crippen LogP contribution in [0.5, 0.6) is 5.75 Å². The summed E-state index contributed by atoms with van der Waals surface area (Å²) in [6.45, 7) is 7.79. The van der Waals surface area contributed by atoms with Crippen LogP contribution in [0.1, 0.15) is 33.3 Å². The molecule has 21 heavy (non-hydrogen) atoms. The van der Waals surface area contributed by atoms with E-state index in [0.29, 0.717) is 11.2 Å². The van der Waals surface area contributed by atoms with Crippen molar-refractivity contribution in [2.24, 2.45) is 0 Å². The fourth-order valence-electron chi connectivity index (χ4n) is 2.04. The van der Waals surface area contributed by atoms with E-state index in [9.17, 15) is 9.50 Å². The van der Waals surface area contributed by atoms with Gasteiger partial charge in [0.05, 0.1) is 16.8 Å². The lowest BCUT2D eigenvalue weighted by Crippen LogP contribution is -2.41. The number of halogens is 1. The first kappa shape index (κ1) is 16.4.